The molecule has 0 bridgehead atoms. The number of nitrogens with zero attached hydrogens (tertiary/aromatic N) is 2. The summed E-state index contributed by atoms with van der Waals surface area (Å²) in [6, 6.07) is 0. The van der Waals surface area contributed by atoms with Gasteiger partial charge in [0.25, 0.3) is 0 Å². The molecule has 6 nitrogen and oxygen atoms in total. The maximum atomic E-state index is 12.4. The van der Waals surface area contributed by atoms with Crippen LogP contribution in [0.25, 0.3) is 0 Å². The first-order valence-corrected chi connectivity index (χ1v) is 7.90. The van der Waals surface area contributed by atoms with Gasteiger partial charge in [0.2, 0.25) is 11.8 Å². The van der Waals surface area contributed by atoms with E-state index in [1.807, 2.05) is 19.0 Å². The zero-order valence-electron chi connectivity index (χ0n) is 14.0. The van der Waals surface area contributed by atoms with Crippen LogP contribution in [-0.2, 0) is 9.59 Å². The summed E-state index contributed by atoms with van der Waals surface area (Å²) >= 11 is 0. The summed E-state index contributed by atoms with van der Waals surface area (Å²) in [6.07, 6.45) is 4.49. The van der Waals surface area contributed by atoms with E-state index in [-0.39, 0.29) is 48.1 Å². The van der Waals surface area contributed by atoms with Gasteiger partial charge in [-0.05, 0) is 26.9 Å². The van der Waals surface area contributed by atoms with Gasteiger partial charge in [0.1, 0.15) is 0 Å². The lowest BCUT2D eigenvalue weighted by Gasteiger charge is -2.30. The fourth-order valence-electron chi connectivity index (χ4n) is 3.28. The Morgan fingerprint density at radius 1 is 1.35 bits per heavy atom. The number of rotatable bonds is 6. The second-order valence-electron chi connectivity index (χ2n) is 6.72. The number of likely N-dealkylation sites (tertiary alicyclic amines) is 1. The third kappa shape index (κ3) is 5.78. The van der Waals surface area contributed by atoms with Crippen molar-refractivity contribution in [3.8, 4) is 0 Å². The van der Waals surface area contributed by atoms with E-state index in [2.05, 4.69) is 5.32 Å². The minimum atomic E-state index is -0.225. The van der Waals surface area contributed by atoms with Crippen LogP contribution in [0.5, 0.6) is 0 Å². The van der Waals surface area contributed by atoms with E-state index in [0.29, 0.717) is 26.1 Å². The molecule has 0 aromatic heterocycles. The topological polar surface area (TPSA) is 78.7 Å². The Balaban J connectivity index is 0.00000242. The Hall–Kier alpha value is -0.560. The van der Waals surface area contributed by atoms with Crippen LogP contribution in [0.15, 0.2) is 0 Å². The van der Waals surface area contributed by atoms with Crippen LogP contribution in [0, 0.1) is 5.92 Å². The summed E-state index contributed by atoms with van der Waals surface area (Å²) in [5, 5.41) is 3.14. The van der Waals surface area contributed by atoms with Crippen LogP contribution in [-0.4, -0.2) is 67.4 Å². The molecular formula is C15H30Cl2N4O2. The van der Waals surface area contributed by atoms with Gasteiger partial charge in [-0.15, -0.1) is 24.8 Å². The Bertz CT molecular complexity index is 401. The van der Waals surface area contributed by atoms with Crippen molar-refractivity contribution in [2.45, 2.75) is 37.6 Å². The molecule has 1 atom stereocenters. The maximum absolute atomic E-state index is 12.4. The minimum absolute atomic E-state index is 0. The van der Waals surface area contributed by atoms with E-state index in [1.54, 1.807) is 4.90 Å². The summed E-state index contributed by atoms with van der Waals surface area (Å²) in [5.41, 5.74) is 5.63. The Kier molecular flexibility index (Phi) is 9.43. The van der Waals surface area contributed by atoms with Crippen LogP contribution >= 0.6 is 24.8 Å². The summed E-state index contributed by atoms with van der Waals surface area (Å²) in [5.74, 6) is -0.128. The number of likely N-dealkylation sites (N-methyl/N-ethyl adjacent to an activating group) is 1. The lowest BCUT2D eigenvalue weighted by molar-refractivity contribution is -0.129. The first kappa shape index (κ1) is 22.4. The van der Waals surface area contributed by atoms with Crippen molar-refractivity contribution in [1.29, 1.82) is 0 Å². The average molecular weight is 369 g/mol. The average Bonchev–Trinajstić information content (AvgIpc) is 3.04. The molecule has 0 spiro atoms. The molecular weight excluding hydrogens is 339 g/mol. The van der Waals surface area contributed by atoms with Crippen LogP contribution in [0.3, 0.4) is 0 Å². The molecule has 1 saturated carbocycles. The molecule has 136 valence electrons. The van der Waals surface area contributed by atoms with Gasteiger partial charge in [0.15, 0.2) is 0 Å². The summed E-state index contributed by atoms with van der Waals surface area (Å²) < 4.78 is 0. The Morgan fingerprint density at radius 2 is 1.96 bits per heavy atom. The minimum Gasteiger partial charge on any atom is -0.349 e. The second kappa shape index (κ2) is 9.67. The Morgan fingerprint density at radius 3 is 2.48 bits per heavy atom. The normalized spacial score (nSPS) is 22.7. The van der Waals surface area contributed by atoms with Crippen molar-refractivity contribution < 1.29 is 9.59 Å². The molecule has 2 rings (SSSR count). The van der Waals surface area contributed by atoms with Gasteiger partial charge < -0.3 is 20.9 Å². The van der Waals surface area contributed by atoms with E-state index >= 15 is 0 Å². The number of carbonyl (C=O) groups excluding carboxylic acids is 2. The standard InChI is InChI=1S/C15H28N4O2.2ClH/c1-18(2)7-8-19-10-12(9-13(19)20)14(21)17-15(11-16)5-3-4-6-15;;/h12H,3-11,16H2,1-2H3,(H,17,21);2*1H. The van der Waals surface area contributed by atoms with Gasteiger partial charge in [0.05, 0.1) is 11.5 Å². The van der Waals surface area contributed by atoms with Gasteiger partial charge in [-0.2, -0.15) is 0 Å². The molecule has 1 aliphatic heterocycles. The second-order valence-corrected chi connectivity index (χ2v) is 6.72. The first-order chi connectivity index (χ1) is 9.96. The van der Waals surface area contributed by atoms with Crippen LogP contribution in [0.4, 0.5) is 0 Å². The fourth-order valence-corrected chi connectivity index (χ4v) is 3.28. The molecule has 2 fully saturated rings. The smallest absolute Gasteiger partial charge is 0.225 e. The van der Waals surface area contributed by atoms with Crippen molar-refractivity contribution in [3.63, 3.8) is 0 Å². The van der Waals surface area contributed by atoms with E-state index in [4.69, 9.17) is 5.73 Å². The molecule has 0 aromatic rings. The van der Waals surface area contributed by atoms with E-state index < -0.39 is 0 Å². The SMILES string of the molecule is CN(C)CCN1CC(C(=O)NC2(CN)CCCC2)CC1=O.Cl.Cl. The third-order valence-electron chi connectivity index (χ3n) is 4.74. The van der Waals surface area contributed by atoms with E-state index in [0.717, 1.165) is 32.2 Å². The van der Waals surface area contributed by atoms with Gasteiger partial charge in [-0.25, -0.2) is 0 Å². The molecule has 2 amide bonds. The van der Waals surface area contributed by atoms with E-state index in [9.17, 15) is 9.59 Å². The predicted molar refractivity (Wildman–Crippen MR) is 96.1 cm³/mol. The van der Waals surface area contributed by atoms with Crippen molar-refractivity contribution in [1.82, 2.24) is 15.1 Å². The number of carbonyl (C=O) groups is 2. The van der Waals surface area contributed by atoms with Crippen molar-refractivity contribution >= 4 is 36.6 Å². The van der Waals surface area contributed by atoms with Crippen molar-refractivity contribution in [2.75, 3.05) is 40.3 Å². The summed E-state index contributed by atoms with van der Waals surface area (Å²) in [4.78, 5) is 28.3. The highest BCUT2D eigenvalue weighted by Gasteiger charge is 2.39. The zero-order valence-corrected chi connectivity index (χ0v) is 15.7. The van der Waals surface area contributed by atoms with Crippen molar-refractivity contribution in [2.24, 2.45) is 11.7 Å². The zero-order chi connectivity index (χ0) is 15.5. The summed E-state index contributed by atoms with van der Waals surface area (Å²) in [6.45, 7) is 2.55. The molecule has 8 heteroatoms. The van der Waals surface area contributed by atoms with Crippen LogP contribution < -0.4 is 11.1 Å². The molecule has 3 N–H and O–H groups in total. The van der Waals surface area contributed by atoms with Crippen LogP contribution in [0.2, 0.25) is 0 Å². The first-order valence-electron chi connectivity index (χ1n) is 7.90. The highest BCUT2D eigenvalue weighted by molar-refractivity contribution is 5.89. The number of nitrogens with one attached hydrogen (secondary N) is 1. The molecule has 23 heavy (non-hydrogen) atoms. The quantitative estimate of drug-likeness (QED) is 0.720. The van der Waals surface area contributed by atoms with Crippen LogP contribution in [0.1, 0.15) is 32.1 Å². The molecule has 0 radical (unpaired) electrons. The number of hydrogen-bond acceptors (Lipinski definition) is 4. The van der Waals surface area contributed by atoms with Gasteiger partial charge in [-0.3, -0.25) is 9.59 Å². The predicted octanol–water partition coefficient (Wildman–Crippen LogP) is 0.628. The van der Waals surface area contributed by atoms with Gasteiger partial charge >= 0.3 is 0 Å². The summed E-state index contributed by atoms with van der Waals surface area (Å²) in [7, 11) is 3.96. The molecule has 1 saturated heterocycles. The Labute approximate surface area is 151 Å². The number of hydrogen-bond donors (Lipinski definition) is 2. The van der Waals surface area contributed by atoms with Gasteiger partial charge in [-0.1, -0.05) is 12.8 Å². The highest BCUT2D eigenvalue weighted by atomic mass is 35.5. The third-order valence-corrected chi connectivity index (χ3v) is 4.74. The highest BCUT2D eigenvalue weighted by Crippen LogP contribution is 2.29. The molecule has 1 heterocycles. The lowest BCUT2D eigenvalue weighted by Crippen LogP contribution is -2.53. The van der Waals surface area contributed by atoms with E-state index in [1.165, 1.54) is 0 Å². The monoisotopic (exact) mass is 368 g/mol. The van der Waals surface area contributed by atoms with Crippen molar-refractivity contribution in [3.05, 3.63) is 0 Å². The molecule has 2 aliphatic rings. The maximum Gasteiger partial charge on any atom is 0.225 e. The fraction of sp³-hybridized carbons (Fsp3) is 0.867. The molecule has 1 unspecified atom stereocenters. The lowest BCUT2D eigenvalue weighted by atomic mass is 9.96. The number of amides is 2. The molecule has 1 aliphatic carbocycles. The number of nitrogens with two attached hydrogens (primary N) is 1. The number of halogens is 2. The molecule has 0 aromatic carbocycles. The largest absolute Gasteiger partial charge is 0.349 e. The van der Waals surface area contributed by atoms with Gasteiger partial charge in [0, 0.05) is 32.6 Å².